The highest BCUT2D eigenvalue weighted by molar-refractivity contribution is 5.92. The number of nitrogens with zero attached hydrogens (tertiary/aromatic N) is 3. The van der Waals surface area contributed by atoms with E-state index in [9.17, 15) is 14.4 Å². The molecule has 2 aliphatic heterocycles. The molecule has 1 unspecified atom stereocenters. The molecule has 0 radical (unpaired) electrons. The van der Waals surface area contributed by atoms with E-state index in [-0.39, 0.29) is 35.6 Å². The molecule has 164 valence electrons. The van der Waals surface area contributed by atoms with Gasteiger partial charge in [0.05, 0.1) is 0 Å². The molecule has 1 N–H and O–H groups in total. The number of nitrogens with one attached hydrogen (secondary N) is 1. The number of carbonyl (C=O) groups is 3. The van der Waals surface area contributed by atoms with Crippen molar-refractivity contribution in [2.24, 2.45) is 11.8 Å². The van der Waals surface area contributed by atoms with Gasteiger partial charge in [0.1, 0.15) is 11.8 Å². The van der Waals surface area contributed by atoms with Crippen LogP contribution in [0.4, 0.5) is 5.82 Å². The molecule has 1 atom stereocenters. The van der Waals surface area contributed by atoms with Crippen LogP contribution >= 0.6 is 0 Å². The smallest absolute Gasteiger partial charge is 0.245 e. The van der Waals surface area contributed by atoms with Gasteiger partial charge in [0.15, 0.2) is 5.82 Å². The molecule has 1 aromatic rings. The van der Waals surface area contributed by atoms with E-state index in [0.717, 1.165) is 38.5 Å². The second-order valence-electron chi connectivity index (χ2n) is 8.94. The van der Waals surface area contributed by atoms with Gasteiger partial charge in [-0.25, -0.2) is 0 Å². The summed E-state index contributed by atoms with van der Waals surface area (Å²) in [7, 11) is 0. The van der Waals surface area contributed by atoms with Crippen LogP contribution in [0.2, 0.25) is 0 Å². The maximum atomic E-state index is 13.2. The van der Waals surface area contributed by atoms with E-state index >= 15 is 0 Å². The van der Waals surface area contributed by atoms with Crippen LogP contribution in [-0.4, -0.2) is 58.4 Å². The summed E-state index contributed by atoms with van der Waals surface area (Å²) in [5, 5.41) is 6.59. The lowest BCUT2D eigenvalue weighted by atomic mass is 9.88. The molecule has 4 rings (SSSR count). The van der Waals surface area contributed by atoms with E-state index in [1.54, 1.807) is 13.0 Å². The number of piperidine rings is 1. The Morgan fingerprint density at radius 2 is 1.67 bits per heavy atom. The Hall–Kier alpha value is -2.38. The number of hydrogen-bond donors (Lipinski definition) is 1. The minimum atomic E-state index is -0.317. The number of likely N-dealkylation sites (tertiary alicyclic amines) is 2. The Balaban J connectivity index is 1.30. The first-order valence-corrected chi connectivity index (χ1v) is 11.4. The average molecular weight is 417 g/mol. The molecule has 8 nitrogen and oxygen atoms in total. The highest BCUT2D eigenvalue weighted by Gasteiger charge is 2.40. The lowest BCUT2D eigenvalue weighted by Crippen LogP contribution is -2.51. The maximum absolute atomic E-state index is 13.2. The van der Waals surface area contributed by atoms with Crippen molar-refractivity contribution in [3.05, 3.63) is 11.8 Å². The van der Waals surface area contributed by atoms with Crippen molar-refractivity contribution in [3.8, 4) is 0 Å². The molecule has 1 saturated carbocycles. The number of anilines is 1. The molecular formula is C22H32N4O4. The number of aryl methyl sites for hydroxylation is 1. The molecule has 3 aliphatic rings. The van der Waals surface area contributed by atoms with Gasteiger partial charge in [0.2, 0.25) is 17.7 Å². The Labute approximate surface area is 177 Å². The van der Waals surface area contributed by atoms with Gasteiger partial charge in [-0.2, -0.15) is 0 Å². The lowest BCUT2D eigenvalue weighted by Gasteiger charge is -2.36. The monoisotopic (exact) mass is 416 g/mol. The van der Waals surface area contributed by atoms with Gasteiger partial charge in [-0.15, -0.1) is 0 Å². The fourth-order valence-electron chi connectivity index (χ4n) is 5.10. The SMILES string of the molecule is Cc1cc(NC(=O)C2CCN(C(=O)C3CCCN3C(=O)C3CCCCC3)CC2)no1. The second-order valence-corrected chi connectivity index (χ2v) is 8.94. The van der Waals surface area contributed by atoms with Crippen LogP contribution in [0.5, 0.6) is 0 Å². The van der Waals surface area contributed by atoms with Crippen LogP contribution in [0, 0.1) is 18.8 Å². The molecule has 0 bridgehead atoms. The van der Waals surface area contributed by atoms with Gasteiger partial charge < -0.3 is 19.6 Å². The molecule has 0 spiro atoms. The summed E-state index contributed by atoms with van der Waals surface area (Å²) < 4.78 is 4.98. The molecule has 0 aromatic carbocycles. The molecule has 3 fully saturated rings. The van der Waals surface area contributed by atoms with Gasteiger partial charge in [0, 0.05) is 37.5 Å². The van der Waals surface area contributed by atoms with Crippen LogP contribution < -0.4 is 5.32 Å². The van der Waals surface area contributed by atoms with Crippen molar-refractivity contribution in [2.75, 3.05) is 25.0 Å². The highest BCUT2D eigenvalue weighted by Crippen LogP contribution is 2.30. The van der Waals surface area contributed by atoms with Crippen molar-refractivity contribution in [3.63, 3.8) is 0 Å². The van der Waals surface area contributed by atoms with Crippen LogP contribution in [0.3, 0.4) is 0 Å². The van der Waals surface area contributed by atoms with Gasteiger partial charge in [-0.05, 0) is 45.4 Å². The minimum absolute atomic E-state index is 0.0580. The third kappa shape index (κ3) is 4.52. The Bertz CT molecular complexity index is 778. The Morgan fingerprint density at radius 1 is 0.933 bits per heavy atom. The first-order chi connectivity index (χ1) is 14.5. The van der Waals surface area contributed by atoms with Gasteiger partial charge >= 0.3 is 0 Å². The van der Waals surface area contributed by atoms with E-state index in [2.05, 4.69) is 10.5 Å². The van der Waals surface area contributed by atoms with Crippen LogP contribution in [0.15, 0.2) is 10.6 Å². The summed E-state index contributed by atoms with van der Waals surface area (Å²) in [5.74, 6) is 1.19. The van der Waals surface area contributed by atoms with Crippen LogP contribution in [-0.2, 0) is 14.4 Å². The molecule has 30 heavy (non-hydrogen) atoms. The zero-order chi connectivity index (χ0) is 21.1. The molecule has 3 heterocycles. The minimum Gasteiger partial charge on any atom is -0.360 e. The third-order valence-corrected chi connectivity index (χ3v) is 6.83. The van der Waals surface area contributed by atoms with Crippen molar-refractivity contribution in [2.45, 2.75) is 70.8 Å². The fourth-order valence-corrected chi connectivity index (χ4v) is 5.10. The standard InChI is InChI=1S/C22H32N4O4/c1-15-14-19(24-30-15)23-20(27)16-9-12-25(13-10-16)22(29)18-8-5-11-26(18)21(28)17-6-3-2-4-7-17/h14,16-18H,2-13H2,1H3,(H,23,24,27). The number of aromatic nitrogens is 1. The fraction of sp³-hybridized carbons (Fsp3) is 0.727. The van der Waals surface area contributed by atoms with Crippen LogP contribution in [0.1, 0.15) is 63.5 Å². The zero-order valence-electron chi connectivity index (χ0n) is 17.8. The number of carbonyl (C=O) groups excluding carboxylic acids is 3. The summed E-state index contributed by atoms with van der Waals surface area (Å²) in [4.78, 5) is 42.4. The predicted octanol–water partition coefficient (Wildman–Crippen LogP) is 2.73. The summed E-state index contributed by atoms with van der Waals surface area (Å²) in [6.07, 6.45) is 8.26. The maximum Gasteiger partial charge on any atom is 0.245 e. The molecule has 1 aromatic heterocycles. The van der Waals surface area contributed by atoms with Crippen molar-refractivity contribution >= 4 is 23.5 Å². The third-order valence-electron chi connectivity index (χ3n) is 6.83. The summed E-state index contributed by atoms with van der Waals surface area (Å²) >= 11 is 0. The number of hydrogen-bond acceptors (Lipinski definition) is 5. The molecule has 3 amide bonds. The van der Waals surface area contributed by atoms with E-state index in [0.29, 0.717) is 44.1 Å². The van der Waals surface area contributed by atoms with Gasteiger partial charge in [-0.3, -0.25) is 14.4 Å². The number of rotatable bonds is 4. The summed E-state index contributed by atoms with van der Waals surface area (Å²) in [6, 6.07) is 1.37. The van der Waals surface area contributed by atoms with Gasteiger partial charge in [-0.1, -0.05) is 24.4 Å². The topological polar surface area (TPSA) is 95.8 Å². The molecular weight excluding hydrogens is 384 g/mol. The lowest BCUT2D eigenvalue weighted by molar-refractivity contribution is -0.147. The average Bonchev–Trinajstić information content (AvgIpc) is 3.42. The predicted molar refractivity (Wildman–Crippen MR) is 110 cm³/mol. The second kappa shape index (κ2) is 9.18. The highest BCUT2D eigenvalue weighted by atomic mass is 16.5. The van der Waals surface area contributed by atoms with Gasteiger partial charge in [0.25, 0.3) is 0 Å². The Morgan fingerprint density at radius 3 is 2.33 bits per heavy atom. The van der Waals surface area contributed by atoms with Crippen molar-refractivity contribution in [1.82, 2.24) is 15.0 Å². The van der Waals surface area contributed by atoms with E-state index in [1.165, 1.54) is 6.42 Å². The Kier molecular flexibility index (Phi) is 6.39. The molecule has 8 heteroatoms. The van der Waals surface area contributed by atoms with Crippen LogP contribution in [0.25, 0.3) is 0 Å². The summed E-state index contributed by atoms with van der Waals surface area (Å²) in [6.45, 7) is 3.58. The first-order valence-electron chi connectivity index (χ1n) is 11.4. The van der Waals surface area contributed by atoms with E-state index < -0.39 is 0 Å². The van der Waals surface area contributed by atoms with Crippen molar-refractivity contribution < 1.29 is 18.9 Å². The van der Waals surface area contributed by atoms with Crippen molar-refractivity contribution in [1.29, 1.82) is 0 Å². The quantitative estimate of drug-likeness (QED) is 0.814. The number of amides is 3. The largest absolute Gasteiger partial charge is 0.360 e. The molecule has 1 aliphatic carbocycles. The first kappa shape index (κ1) is 20.9. The van der Waals surface area contributed by atoms with E-state index in [4.69, 9.17) is 4.52 Å². The summed E-state index contributed by atoms with van der Waals surface area (Å²) in [5.41, 5.74) is 0. The zero-order valence-corrected chi connectivity index (χ0v) is 17.8. The molecule has 2 saturated heterocycles. The normalized spacial score (nSPS) is 23.6. The van der Waals surface area contributed by atoms with E-state index in [1.807, 2.05) is 9.80 Å².